The van der Waals surface area contributed by atoms with Gasteiger partial charge in [-0.1, -0.05) is 18.7 Å². The lowest BCUT2D eigenvalue weighted by Crippen LogP contribution is -2.03. The molecule has 0 fully saturated rings. The molecule has 0 saturated carbocycles. The molecule has 6 nitrogen and oxygen atoms in total. The SMILES string of the molecule is C=CCOc1c(CC=C)cc(/C=C(\C#N)c2ccc([N+](=O)[O-])cc2)cc1OCC. The van der Waals surface area contributed by atoms with E-state index in [9.17, 15) is 15.4 Å². The van der Waals surface area contributed by atoms with Crippen molar-refractivity contribution in [2.75, 3.05) is 13.2 Å². The number of allylic oxidation sites excluding steroid dienone is 2. The number of nitrogens with zero attached hydrogens (tertiary/aromatic N) is 2. The number of rotatable bonds is 10. The van der Waals surface area contributed by atoms with Crippen LogP contribution in [-0.4, -0.2) is 18.1 Å². The van der Waals surface area contributed by atoms with Crippen LogP contribution in [0.1, 0.15) is 23.6 Å². The molecule has 0 aliphatic carbocycles. The predicted octanol–water partition coefficient (Wildman–Crippen LogP) is 5.35. The van der Waals surface area contributed by atoms with Crippen molar-refractivity contribution in [2.24, 2.45) is 0 Å². The van der Waals surface area contributed by atoms with E-state index in [4.69, 9.17) is 9.47 Å². The Morgan fingerprint density at radius 1 is 1.21 bits per heavy atom. The van der Waals surface area contributed by atoms with E-state index in [0.717, 1.165) is 11.1 Å². The quantitative estimate of drug-likeness (QED) is 0.179. The summed E-state index contributed by atoms with van der Waals surface area (Å²) >= 11 is 0. The summed E-state index contributed by atoms with van der Waals surface area (Å²) in [5.41, 5.74) is 2.58. The largest absolute Gasteiger partial charge is 0.490 e. The average molecular weight is 390 g/mol. The highest BCUT2D eigenvalue weighted by molar-refractivity contribution is 5.90. The molecule has 0 aromatic heterocycles. The molecule has 2 aromatic carbocycles. The fourth-order valence-corrected chi connectivity index (χ4v) is 2.75. The van der Waals surface area contributed by atoms with Crippen LogP contribution in [0.15, 0.2) is 61.7 Å². The van der Waals surface area contributed by atoms with Crippen LogP contribution in [0.25, 0.3) is 11.6 Å². The molecule has 0 amide bonds. The highest BCUT2D eigenvalue weighted by Gasteiger charge is 2.13. The lowest BCUT2D eigenvalue weighted by molar-refractivity contribution is -0.384. The van der Waals surface area contributed by atoms with Crippen molar-refractivity contribution < 1.29 is 14.4 Å². The van der Waals surface area contributed by atoms with Gasteiger partial charge in [-0.3, -0.25) is 10.1 Å². The zero-order valence-corrected chi connectivity index (χ0v) is 16.3. The predicted molar refractivity (Wildman–Crippen MR) is 114 cm³/mol. The van der Waals surface area contributed by atoms with Gasteiger partial charge in [-0.05, 0) is 54.8 Å². The summed E-state index contributed by atoms with van der Waals surface area (Å²) in [7, 11) is 0. The average Bonchev–Trinajstić information content (AvgIpc) is 2.72. The van der Waals surface area contributed by atoms with Gasteiger partial charge in [-0.25, -0.2) is 0 Å². The number of ether oxygens (including phenoxy) is 2. The maximum atomic E-state index is 10.8. The van der Waals surface area contributed by atoms with Crippen molar-refractivity contribution in [3.63, 3.8) is 0 Å². The van der Waals surface area contributed by atoms with E-state index in [0.29, 0.717) is 42.3 Å². The second kappa shape index (κ2) is 10.5. The molecule has 0 heterocycles. The van der Waals surface area contributed by atoms with Crippen molar-refractivity contribution in [1.82, 2.24) is 0 Å². The molecule has 148 valence electrons. The Morgan fingerprint density at radius 3 is 2.48 bits per heavy atom. The number of hydrogen-bond acceptors (Lipinski definition) is 5. The standard InChI is InChI=1S/C23H22N2O4/c1-4-7-19-13-17(15-22(28-6-3)23(19)29-12-5-2)14-20(16-24)18-8-10-21(11-9-18)25(26)27/h4-5,8-11,13-15H,1-2,6-7,12H2,3H3/b20-14+. The van der Waals surface area contributed by atoms with E-state index in [2.05, 4.69) is 19.2 Å². The van der Waals surface area contributed by atoms with Crippen LogP contribution < -0.4 is 9.47 Å². The first-order valence-corrected chi connectivity index (χ1v) is 9.05. The van der Waals surface area contributed by atoms with Crippen LogP contribution in [0.5, 0.6) is 11.5 Å². The van der Waals surface area contributed by atoms with E-state index in [1.807, 2.05) is 13.0 Å². The van der Waals surface area contributed by atoms with Gasteiger partial charge in [-0.2, -0.15) is 5.26 Å². The second-order valence-electron chi connectivity index (χ2n) is 6.01. The van der Waals surface area contributed by atoms with E-state index in [1.54, 1.807) is 36.4 Å². The minimum absolute atomic E-state index is 0.0262. The molecule has 0 unspecified atom stereocenters. The highest BCUT2D eigenvalue weighted by Crippen LogP contribution is 2.35. The first kappa shape index (κ1) is 21.5. The minimum atomic E-state index is -0.475. The number of benzene rings is 2. The van der Waals surface area contributed by atoms with Crippen LogP contribution in [0, 0.1) is 21.4 Å². The summed E-state index contributed by atoms with van der Waals surface area (Å²) in [6.45, 7) is 10.1. The van der Waals surface area contributed by atoms with Crippen LogP contribution in [0.3, 0.4) is 0 Å². The third kappa shape index (κ3) is 5.56. The maximum absolute atomic E-state index is 10.8. The fourth-order valence-electron chi connectivity index (χ4n) is 2.75. The Balaban J connectivity index is 2.52. The molecule has 0 spiro atoms. The molecular weight excluding hydrogens is 368 g/mol. The topological polar surface area (TPSA) is 85.4 Å². The first-order chi connectivity index (χ1) is 14.0. The highest BCUT2D eigenvalue weighted by atomic mass is 16.6. The molecule has 2 aromatic rings. The molecule has 6 heteroatoms. The van der Waals surface area contributed by atoms with Crippen molar-refractivity contribution >= 4 is 17.3 Å². The third-order valence-corrected chi connectivity index (χ3v) is 3.98. The van der Waals surface area contributed by atoms with Crippen molar-refractivity contribution in [3.05, 3.63) is 88.5 Å². The molecule has 29 heavy (non-hydrogen) atoms. The summed E-state index contributed by atoms with van der Waals surface area (Å²) in [5, 5.41) is 20.4. The smallest absolute Gasteiger partial charge is 0.269 e. The third-order valence-electron chi connectivity index (χ3n) is 3.98. The lowest BCUT2D eigenvalue weighted by atomic mass is 10.0. The lowest BCUT2D eigenvalue weighted by Gasteiger charge is -2.16. The summed E-state index contributed by atoms with van der Waals surface area (Å²) in [6.07, 6.45) is 5.70. The Bertz CT molecular complexity index is 970. The molecule has 0 radical (unpaired) electrons. The fraction of sp³-hybridized carbons (Fsp3) is 0.174. The number of non-ortho nitro benzene ring substituents is 1. The summed E-state index contributed by atoms with van der Waals surface area (Å²) in [6, 6.07) is 11.7. The van der Waals surface area contributed by atoms with Gasteiger partial charge >= 0.3 is 0 Å². The van der Waals surface area contributed by atoms with Gasteiger partial charge in [-0.15, -0.1) is 6.58 Å². The number of nitro benzene ring substituents is 1. The number of nitro groups is 1. The monoisotopic (exact) mass is 390 g/mol. The summed E-state index contributed by atoms with van der Waals surface area (Å²) in [4.78, 5) is 10.4. The molecular formula is C23H22N2O4. The van der Waals surface area contributed by atoms with Crippen LogP contribution in [0.4, 0.5) is 5.69 Å². The number of nitriles is 1. The zero-order chi connectivity index (χ0) is 21.2. The van der Waals surface area contributed by atoms with Crippen molar-refractivity contribution in [3.8, 4) is 17.6 Å². The molecule has 0 saturated heterocycles. The minimum Gasteiger partial charge on any atom is -0.490 e. The summed E-state index contributed by atoms with van der Waals surface area (Å²) < 4.78 is 11.5. The van der Waals surface area contributed by atoms with Crippen molar-refractivity contribution in [1.29, 1.82) is 5.26 Å². The Hall–Kier alpha value is -3.85. The van der Waals surface area contributed by atoms with E-state index >= 15 is 0 Å². The van der Waals surface area contributed by atoms with E-state index in [1.165, 1.54) is 12.1 Å². The van der Waals surface area contributed by atoms with Gasteiger partial charge in [0.25, 0.3) is 5.69 Å². The van der Waals surface area contributed by atoms with Gasteiger partial charge in [0.2, 0.25) is 0 Å². The second-order valence-corrected chi connectivity index (χ2v) is 6.01. The molecule has 2 rings (SSSR count). The van der Waals surface area contributed by atoms with Gasteiger partial charge in [0, 0.05) is 17.7 Å². The Labute approximate surface area is 170 Å². The Kier molecular flexibility index (Phi) is 7.75. The normalized spacial score (nSPS) is 10.7. The summed E-state index contributed by atoms with van der Waals surface area (Å²) in [5.74, 6) is 1.19. The number of hydrogen-bond donors (Lipinski definition) is 0. The van der Waals surface area contributed by atoms with Crippen LogP contribution in [-0.2, 0) is 6.42 Å². The molecule has 0 N–H and O–H groups in total. The van der Waals surface area contributed by atoms with Crippen LogP contribution >= 0.6 is 0 Å². The maximum Gasteiger partial charge on any atom is 0.269 e. The zero-order valence-electron chi connectivity index (χ0n) is 16.3. The van der Waals surface area contributed by atoms with Crippen LogP contribution in [0.2, 0.25) is 0 Å². The van der Waals surface area contributed by atoms with E-state index in [-0.39, 0.29) is 5.69 Å². The van der Waals surface area contributed by atoms with Crippen molar-refractivity contribution in [2.45, 2.75) is 13.3 Å². The Morgan fingerprint density at radius 2 is 1.93 bits per heavy atom. The van der Waals surface area contributed by atoms with Gasteiger partial charge in [0.15, 0.2) is 11.5 Å². The molecule has 0 aliphatic rings. The van der Waals surface area contributed by atoms with Gasteiger partial charge in [0.05, 0.1) is 23.2 Å². The van der Waals surface area contributed by atoms with E-state index < -0.39 is 4.92 Å². The van der Waals surface area contributed by atoms with Gasteiger partial charge < -0.3 is 9.47 Å². The molecule has 0 atom stereocenters. The van der Waals surface area contributed by atoms with Gasteiger partial charge in [0.1, 0.15) is 6.61 Å². The molecule has 0 bridgehead atoms. The first-order valence-electron chi connectivity index (χ1n) is 9.05. The molecule has 0 aliphatic heterocycles.